The largest absolute Gasteiger partial charge is 0.259 e. The molecule has 1 atom stereocenters. The molecule has 4 nitrogen and oxygen atoms in total. The molecule has 1 unspecified atom stereocenters. The Morgan fingerprint density at radius 2 is 1.64 bits per heavy atom. The summed E-state index contributed by atoms with van der Waals surface area (Å²) >= 11 is 0. The minimum Gasteiger partial charge on any atom is -0.259 e. The lowest BCUT2D eigenvalue weighted by Gasteiger charge is -2.20. The molecule has 0 aliphatic heterocycles. The Kier molecular flexibility index (Phi) is 4.97. The third kappa shape index (κ3) is 3.95. The van der Waals surface area contributed by atoms with Crippen molar-refractivity contribution in [2.45, 2.75) is 24.8 Å². The van der Waals surface area contributed by atoms with Crippen molar-refractivity contribution >= 4 is 10.0 Å². The summed E-state index contributed by atoms with van der Waals surface area (Å²) in [6, 6.07) is 19.8. The van der Waals surface area contributed by atoms with Crippen LogP contribution in [0, 0.1) is 13.8 Å². The summed E-state index contributed by atoms with van der Waals surface area (Å²) in [5, 5.41) is 0. The van der Waals surface area contributed by atoms with Gasteiger partial charge in [-0.2, -0.15) is 4.72 Å². The lowest BCUT2D eigenvalue weighted by Crippen LogP contribution is -2.30. The molecular weight excluding hydrogens is 332 g/mol. The number of benzene rings is 2. The van der Waals surface area contributed by atoms with E-state index in [0.29, 0.717) is 16.2 Å². The Balaban J connectivity index is 2.05. The van der Waals surface area contributed by atoms with Crippen LogP contribution < -0.4 is 4.72 Å². The minimum absolute atomic E-state index is 0.296. The van der Waals surface area contributed by atoms with Crippen molar-refractivity contribution in [1.29, 1.82) is 0 Å². The van der Waals surface area contributed by atoms with Crippen LogP contribution in [0.1, 0.15) is 28.4 Å². The number of sulfonamides is 1. The number of pyridine rings is 1. The molecular formula is C20H20N2O2S. The molecule has 3 rings (SSSR count). The van der Waals surface area contributed by atoms with Crippen LogP contribution in [0.15, 0.2) is 77.8 Å². The van der Waals surface area contributed by atoms with Gasteiger partial charge in [0.15, 0.2) is 0 Å². The number of rotatable bonds is 5. The van der Waals surface area contributed by atoms with Gasteiger partial charge in [0.25, 0.3) is 0 Å². The summed E-state index contributed by atoms with van der Waals surface area (Å²) in [4.78, 5) is 4.64. The van der Waals surface area contributed by atoms with Gasteiger partial charge in [-0.1, -0.05) is 48.5 Å². The molecule has 0 saturated carbocycles. The average molecular weight is 352 g/mol. The Bertz CT molecular complexity index is 916. The second kappa shape index (κ2) is 7.17. The third-order valence-electron chi connectivity index (χ3n) is 4.02. The van der Waals surface area contributed by atoms with Crippen LogP contribution in [0.5, 0.6) is 0 Å². The summed E-state index contributed by atoms with van der Waals surface area (Å²) in [6.45, 7) is 3.68. The van der Waals surface area contributed by atoms with E-state index >= 15 is 0 Å². The molecule has 0 amide bonds. The fourth-order valence-electron chi connectivity index (χ4n) is 2.71. The van der Waals surface area contributed by atoms with Crippen LogP contribution in [0.4, 0.5) is 0 Å². The van der Waals surface area contributed by atoms with Gasteiger partial charge in [-0.05, 0) is 48.7 Å². The zero-order valence-corrected chi connectivity index (χ0v) is 15.0. The number of hydrogen-bond donors (Lipinski definition) is 1. The Labute approximate surface area is 148 Å². The predicted molar refractivity (Wildman–Crippen MR) is 98.8 cm³/mol. The van der Waals surface area contributed by atoms with E-state index in [0.717, 1.165) is 11.1 Å². The summed E-state index contributed by atoms with van der Waals surface area (Å²) in [7, 11) is -3.70. The van der Waals surface area contributed by atoms with E-state index in [4.69, 9.17) is 0 Å². The van der Waals surface area contributed by atoms with E-state index in [1.807, 2.05) is 67.6 Å². The molecule has 1 heterocycles. The van der Waals surface area contributed by atoms with Gasteiger partial charge in [0.1, 0.15) is 0 Å². The van der Waals surface area contributed by atoms with Crippen LogP contribution >= 0.6 is 0 Å². The van der Waals surface area contributed by atoms with E-state index < -0.39 is 16.1 Å². The van der Waals surface area contributed by atoms with Crippen molar-refractivity contribution in [3.8, 4) is 0 Å². The van der Waals surface area contributed by atoms with E-state index in [9.17, 15) is 8.42 Å². The van der Waals surface area contributed by atoms with Gasteiger partial charge in [-0.3, -0.25) is 4.98 Å². The zero-order valence-electron chi connectivity index (χ0n) is 14.2. The first kappa shape index (κ1) is 17.3. The summed E-state index contributed by atoms with van der Waals surface area (Å²) < 4.78 is 28.9. The highest BCUT2D eigenvalue weighted by molar-refractivity contribution is 7.89. The molecule has 0 fully saturated rings. The van der Waals surface area contributed by atoms with Crippen LogP contribution in [0.2, 0.25) is 0 Å². The highest BCUT2D eigenvalue weighted by Gasteiger charge is 2.25. The molecule has 25 heavy (non-hydrogen) atoms. The first-order valence-corrected chi connectivity index (χ1v) is 9.51. The summed E-state index contributed by atoms with van der Waals surface area (Å²) in [5.41, 5.74) is 3.11. The zero-order chi connectivity index (χ0) is 17.9. The maximum Gasteiger partial charge on any atom is 0.241 e. The molecule has 2 aromatic carbocycles. The number of nitrogens with zero attached hydrogens (tertiary/aromatic N) is 1. The highest BCUT2D eigenvalue weighted by Crippen LogP contribution is 2.24. The lowest BCUT2D eigenvalue weighted by atomic mass is 10.0. The number of hydrogen-bond acceptors (Lipinski definition) is 3. The van der Waals surface area contributed by atoms with Crippen molar-refractivity contribution in [3.05, 3.63) is 95.3 Å². The van der Waals surface area contributed by atoms with Crippen molar-refractivity contribution in [2.24, 2.45) is 0 Å². The number of aryl methyl sites for hydroxylation is 2. The molecule has 0 bridgehead atoms. The Morgan fingerprint density at radius 1 is 0.920 bits per heavy atom. The maximum absolute atomic E-state index is 13.0. The van der Waals surface area contributed by atoms with Gasteiger partial charge in [0, 0.05) is 6.20 Å². The first-order valence-electron chi connectivity index (χ1n) is 8.03. The van der Waals surface area contributed by atoms with E-state index in [-0.39, 0.29) is 0 Å². The van der Waals surface area contributed by atoms with Crippen molar-refractivity contribution in [1.82, 2.24) is 9.71 Å². The monoisotopic (exact) mass is 352 g/mol. The van der Waals surface area contributed by atoms with Gasteiger partial charge in [-0.25, -0.2) is 8.42 Å². The van der Waals surface area contributed by atoms with E-state index in [2.05, 4.69) is 9.71 Å². The molecule has 1 aromatic heterocycles. The second-order valence-electron chi connectivity index (χ2n) is 5.99. The van der Waals surface area contributed by atoms with Crippen LogP contribution in [0.3, 0.4) is 0 Å². The van der Waals surface area contributed by atoms with Crippen molar-refractivity contribution in [2.75, 3.05) is 0 Å². The normalized spacial score (nSPS) is 12.7. The molecule has 1 N–H and O–H groups in total. The average Bonchev–Trinajstić information content (AvgIpc) is 2.63. The summed E-state index contributed by atoms with van der Waals surface area (Å²) in [6.07, 6.45) is 1.66. The molecule has 0 radical (unpaired) electrons. The predicted octanol–water partition coefficient (Wildman–Crippen LogP) is 3.77. The molecule has 128 valence electrons. The topological polar surface area (TPSA) is 59.1 Å². The Morgan fingerprint density at radius 3 is 2.32 bits per heavy atom. The number of aromatic nitrogens is 1. The van der Waals surface area contributed by atoms with Gasteiger partial charge in [0.05, 0.1) is 16.6 Å². The quantitative estimate of drug-likeness (QED) is 0.760. The standard InChI is InChI=1S/C20H20N2O2S/c1-15-11-12-16(2)19(14-15)25(23,24)22-20(17-8-4-3-5-9-17)18-10-6-7-13-21-18/h3-14,20,22H,1-2H3. The fourth-order valence-corrected chi connectivity index (χ4v) is 4.23. The van der Waals surface area contributed by atoms with Crippen molar-refractivity contribution < 1.29 is 8.42 Å². The smallest absolute Gasteiger partial charge is 0.241 e. The minimum atomic E-state index is -3.70. The van der Waals surface area contributed by atoms with Gasteiger partial charge < -0.3 is 0 Å². The highest BCUT2D eigenvalue weighted by atomic mass is 32.2. The van der Waals surface area contributed by atoms with Gasteiger partial charge in [0.2, 0.25) is 10.0 Å². The number of nitrogens with one attached hydrogen (secondary N) is 1. The third-order valence-corrected chi connectivity index (χ3v) is 5.59. The van der Waals surface area contributed by atoms with Crippen molar-refractivity contribution in [3.63, 3.8) is 0 Å². The molecule has 0 aliphatic rings. The maximum atomic E-state index is 13.0. The lowest BCUT2D eigenvalue weighted by molar-refractivity contribution is 0.569. The van der Waals surface area contributed by atoms with E-state index in [1.54, 1.807) is 19.2 Å². The second-order valence-corrected chi connectivity index (χ2v) is 7.67. The molecule has 0 aliphatic carbocycles. The molecule has 3 aromatic rings. The van der Waals surface area contributed by atoms with E-state index in [1.165, 1.54) is 0 Å². The van der Waals surface area contributed by atoms with Gasteiger partial charge >= 0.3 is 0 Å². The summed E-state index contributed by atoms with van der Waals surface area (Å²) in [5.74, 6) is 0. The molecule has 0 saturated heterocycles. The van der Waals surface area contributed by atoms with Crippen LogP contribution in [-0.4, -0.2) is 13.4 Å². The fraction of sp³-hybridized carbons (Fsp3) is 0.150. The molecule has 5 heteroatoms. The van der Waals surface area contributed by atoms with Gasteiger partial charge in [-0.15, -0.1) is 0 Å². The molecule has 0 spiro atoms. The SMILES string of the molecule is Cc1ccc(C)c(S(=O)(=O)NC(c2ccccc2)c2ccccn2)c1. The van der Waals surface area contributed by atoms with Crippen LogP contribution in [-0.2, 0) is 10.0 Å². The Hall–Kier alpha value is -2.50. The van der Waals surface area contributed by atoms with Crippen LogP contribution in [0.25, 0.3) is 0 Å². The first-order chi connectivity index (χ1) is 12.0.